The minimum absolute atomic E-state index is 3.02. The summed E-state index contributed by atoms with van der Waals surface area (Å²) in [5.41, 5.74) is 0. The Kier molecular flexibility index (Phi) is 4.32. The average Bonchev–Trinajstić information content (AvgIpc) is 2.12. The van der Waals surface area contributed by atoms with Crippen molar-refractivity contribution in [2.75, 3.05) is 0 Å². The fourth-order valence-electron chi connectivity index (χ4n) is 0.359. The van der Waals surface area contributed by atoms with E-state index < -0.39 is 35.5 Å². The fraction of sp³-hybridized carbons (Fsp3) is 0. The molecule has 0 N–H and O–H groups in total. The number of halogens is 8. The van der Waals surface area contributed by atoms with E-state index in [0.29, 0.717) is 0 Å². The summed E-state index contributed by atoms with van der Waals surface area (Å²) in [6.07, 6.45) is -6.57. The maximum Gasteiger partial charge on any atom is 0.308 e. The average molecular weight is 224 g/mol. The van der Waals surface area contributed by atoms with Crippen molar-refractivity contribution >= 4 is 0 Å². The SMILES string of the molecule is FC(F)=C(F)/C(F)=C(\F)C(F)=C(F)F. The molecule has 0 aromatic heterocycles. The predicted octanol–water partition coefficient (Wildman–Crippen LogP) is 4.29. The maximum absolute atomic E-state index is 12.0. The molecule has 0 atom stereocenters. The highest BCUT2D eigenvalue weighted by Gasteiger charge is 2.23. The van der Waals surface area contributed by atoms with Gasteiger partial charge in [0.1, 0.15) is 0 Å². The highest BCUT2D eigenvalue weighted by atomic mass is 19.3. The third-order valence-electron chi connectivity index (χ3n) is 0.910. The van der Waals surface area contributed by atoms with Gasteiger partial charge in [-0.3, -0.25) is 0 Å². The van der Waals surface area contributed by atoms with Crippen LogP contribution >= 0.6 is 0 Å². The zero-order chi connectivity index (χ0) is 11.5. The van der Waals surface area contributed by atoms with Crippen molar-refractivity contribution in [3.63, 3.8) is 0 Å². The zero-order valence-electron chi connectivity index (χ0n) is 6.02. The van der Waals surface area contributed by atoms with Gasteiger partial charge in [0.15, 0.2) is 0 Å². The summed E-state index contributed by atoms with van der Waals surface area (Å²) in [6.45, 7) is 0. The molecule has 0 bridgehead atoms. The molecule has 0 aliphatic carbocycles. The van der Waals surface area contributed by atoms with Crippen molar-refractivity contribution in [2.24, 2.45) is 0 Å². The molecule has 14 heavy (non-hydrogen) atoms. The fourth-order valence-corrected chi connectivity index (χ4v) is 0.359. The van der Waals surface area contributed by atoms with Gasteiger partial charge >= 0.3 is 12.2 Å². The van der Waals surface area contributed by atoms with Crippen LogP contribution < -0.4 is 0 Å². The van der Waals surface area contributed by atoms with E-state index in [4.69, 9.17) is 0 Å². The van der Waals surface area contributed by atoms with E-state index in [0.717, 1.165) is 0 Å². The van der Waals surface area contributed by atoms with Crippen LogP contribution in [0.4, 0.5) is 35.1 Å². The van der Waals surface area contributed by atoms with Gasteiger partial charge in [0.2, 0.25) is 23.3 Å². The third kappa shape index (κ3) is 2.86. The Morgan fingerprint density at radius 1 is 0.357 bits per heavy atom. The lowest BCUT2D eigenvalue weighted by Gasteiger charge is -1.94. The van der Waals surface area contributed by atoms with Crippen LogP contribution in [0, 0.1) is 0 Å². The van der Waals surface area contributed by atoms with Crippen molar-refractivity contribution < 1.29 is 35.1 Å². The Labute approximate surface area is 71.8 Å². The van der Waals surface area contributed by atoms with Crippen LogP contribution in [0.3, 0.4) is 0 Å². The molecule has 0 saturated heterocycles. The van der Waals surface area contributed by atoms with E-state index in [-0.39, 0.29) is 0 Å². The van der Waals surface area contributed by atoms with E-state index >= 15 is 0 Å². The summed E-state index contributed by atoms with van der Waals surface area (Å²) in [4.78, 5) is 0. The lowest BCUT2D eigenvalue weighted by Crippen LogP contribution is -1.86. The minimum Gasteiger partial charge on any atom is -0.200 e. The van der Waals surface area contributed by atoms with Crippen molar-refractivity contribution in [3.8, 4) is 0 Å². The Bertz CT molecular complexity index is 283. The molecule has 0 rings (SSSR count). The highest BCUT2D eigenvalue weighted by Crippen LogP contribution is 2.30. The van der Waals surface area contributed by atoms with Crippen LogP contribution in [-0.4, -0.2) is 0 Å². The van der Waals surface area contributed by atoms with Gasteiger partial charge in [-0.05, 0) is 0 Å². The molecule has 8 heteroatoms. The molecule has 0 saturated carbocycles. The molecular formula is C6F8. The molecule has 0 amide bonds. The number of rotatable bonds is 2. The van der Waals surface area contributed by atoms with Crippen LogP contribution in [0.25, 0.3) is 0 Å². The number of hydrogen-bond donors (Lipinski definition) is 0. The molecule has 0 radical (unpaired) electrons. The van der Waals surface area contributed by atoms with Gasteiger partial charge in [0, 0.05) is 0 Å². The number of allylic oxidation sites excluding steroid dienone is 4. The second-order valence-corrected chi connectivity index (χ2v) is 1.78. The molecule has 0 heterocycles. The van der Waals surface area contributed by atoms with Gasteiger partial charge < -0.3 is 0 Å². The van der Waals surface area contributed by atoms with E-state index in [9.17, 15) is 35.1 Å². The molecule has 0 unspecified atom stereocenters. The van der Waals surface area contributed by atoms with Crippen LogP contribution in [0.2, 0.25) is 0 Å². The van der Waals surface area contributed by atoms with Crippen molar-refractivity contribution in [1.82, 2.24) is 0 Å². The van der Waals surface area contributed by atoms with Crippen LogP contribution in [-0.2, 0) is 0 Å². The van der Waals surface area contributed by atoms with E-state index in [2.05, 4.69) is 0 Å². The lowest BCUT2D eigenvalue weighted by atomic mass is 10.4. The molecule has 0 aliphatic heterocycles. The van der Waals surface area contributed by atoms with Gasteiger partial charge in [-0.15, -0.1) is 0 Å². The first kappa shape index (κ1) is 12.7. The molecule has 0 aromatic carbocycles. The van der Waals surface area contributed by atoms with Crippen molar-refractivity contribution in [3.05, 3.63) is 35.5 Å². The lowest BCUT2D eigenvalue weighted by molar-refractivity contribution is 0.351. The summed E-state index contributed by atoms with van der Waals surface area (Å²) in [6, 6.07) is 0. The summed E-state index contributed by atoms with van der Waals surface area (Å²) in [5.74, 6) is -12.1. The quantitative estimate of drug-likeness (QED) is 0.484. The zero-order valence-corrected chi connectivity index (χ0v) is 6.02. The van der Waals surface area contributed by atoms with Gasteiger partial charge in [-0.2, -0.15) is 26.3 Å². The van der Waals surface area contributed by atoms with E-state index in [1.54, 1.807) is 0 Å². The first-order chi connectivity index (χ1) is 6.29. The molecule has 0 aromatic rings. The highest BCUT2D eigenvalue weighted by molar-refractivity contribution is 5.31. The Morgan fingerprint density at radius 2 is 0.571 bits per heavy atom. The van der Waals surface area contributed by atoms with E-state index in [1.165, 1.54) is 0 Å². The topological polar surface area (TPSA) is 0 Å². The normalized spacial score (nSPS) is 12.0. The second-order valence-electron chi connectivity index (χ2n) is 1.78. The third-order valence-corrected chi connectivity index (χ3v) is 0.910. The molecule has 0 fully saturated rings. The first-order valence-corrected chi connectivity index (χ1v) is 2.76. The van der Waals surface area contributed by atoms with Crippen molar-refractivity contribution in [2.45, 2.75) is 0 Å². The van der Waals surface area contributed by atoms with Gasteiger partial charge in [-0.25, -0.2) is 8.78 Å². The molecular weight excluding hydrogens is 224 g/mol. The standard InChI is InChI=1S/C6F8/c7-1(3(9)5(11)12)2(8)4(10)6(13)14/b2-1+. The Hall–Kier alpha value is -1.34. The first-order valence-electron chi connectivity index (χ1n) is 2.76. The summed E-state index contributed by atoms with van der Waals surface area (Å²) < 4.78 is 92.7. The van der Waals surface area contributed by atoms with Gasteiger partial charge in [0.25, 0.3) is 0 Å². The molecule has 0 aliphatic rings. The maximum atomic E-state index is 12.0. The molecule has 0 nitrogen and oxygen atoms in total. The number of hydrogen-bond acceptors (Lipinski definition) is 0. The van der Waals surface area contributed by atoms with E-state index in [1.807, 2.05) is 0 Å². The van der Waals surface area contributed by atoms with Crippen LogP contribution in [0.5, 0.6) is 0 Å². The minimum atomic E-state index is -3.29. The summed E-state index contributed by atoms with van der Waals surface area (Å²) in [7, 11) is 0. The van der Waals surface area contributed by atoms with Gasteiger partial charge in [-0.1, -0.05) is 0 Å². The smallest absolute Gasteiger partial charge is 0.200 e. The Morgan fingerprint density at radius 3 is 0.714 bits per heavy atom. The summed E-state index contributed by atoms with van der Waals surface area (Å²) in [5, 5.41) is 0. The molecule has 0 spiro atoms. The van der Waals surface area contributed by atoms with Crippen LogP contribution in [0.1, 0.15) is 0 Å². The largest absolute Gasteiger partial charge is 0.308 e. The predicted molar refractivity (Wildman–Crippen MR) is 29.9 cm³/mol. The molecule has 80 valence electrons. The monoisotopic (exact) mass is 224 g/mol. The van der Waals surface area contributed by atoms with Crippen LogP contribution in [0.15, 0.2) is 35.5 Å². The Balaban J connectivity index is 5.37. The van der Waals surface area contributed by atoms with Crippen molar-refractivity contribution in [1.29, 1.82) is 0 Å². The van der Waals surface area contributed by atoms with Gasteiger partial charge in [0.05, 0.1) is 0 Å². The second kappa shape index (κ2) is 4.77. The summed E-state index contributed by atoms with van der Waals surface area (Å²) >= 11 is 0.